The zero-order chi connectivity index (χ0) is 17.4. The molecule has 5 nitrogen and oxygen atoms in total. The molecule has 1 saturated heterocycles. The molecule has 3 heterocycles. The van der Waals surface area contributed by atoms with Crippen LogP contribution >= 0.6 is 11.6 Å². The summed E-state index contributed by atoms with van der Waals surface area (Å²) in [5, 5.41) is 5.21. The minimum absolute atomic E-state index is 0.0143. The first-order valence-electron chi connectivity index (χ1n) is 8.34. The van der Waals surface area contributed by atoms with Crippen molar-refractivity contribution in [2.45, 2.75) is 19.8 Å². The Morgan fingerprint density at radius 3 is 2.64 bits per heavy atom. The molecule has 1 amide bonds. The average molecular weight is 356 g/mol. The van der Waals surface area contributed by atoms with Gasteiger partial charge in [0.1, 0.15) is 17.1 Å². The van der Waals surface area contributed by atoms with E-state index in [0.717, 1.165) is 37.4 Å². The largest absolute Gasteiger partial charge is 0.460 e. The molecular weight excluding hydrogens is 338 g/mol. The second-order valence-corrected chi connectivity index (χ2v) is 6.65. The Labute approximate surface area is 150 Å². The lowest BCUT2D eigenvalue weighted by Gasteiger charge is -2.16. The van der Waals surface area contributed by atoms with E-state index in [4.69, 9.17) is 16.0 Å². The summed E-state index contributed by atoms with van der Waals surface area (Å²) < 4.78 is 7.33. The topological polar surface area (TPSA) is 51.3 Å². The normalized spacial score (nSPS) is 14.2. The molecule has 0 saturated carbocycles. The van der Waals surface area contributed by atoms with Gasteiger partial charge in [0.2, 0.25) is 0 Å². The summed E-state index contributed by atoms with van der Waals surface area (Å²) in [6, 6.07) is 12.9. The van der Waals surface area contributed by atoms with Crippen LogP contribution in [0.1, 0.15) is 29.1 Å². The van der Waals surface area contributed by atoms with Crippen LogP contribution in [-0.4, -0.2) is 33.7 Å². The molecule has 6 heteroatoms. The maximum atomic E-state index is 13.0. The highest BCUT2D eigenvalue weighted by Crippen LogP contribution is 2.26. The van der Waals surface area contributed by atoms with E-state index in [2.05, 4.69) is 5.10 Å². The average Bonchev–Trinajstić information content (AvgIpc) is 3.34. The predicted octanol–water partition coefficient (Wildman–Crippen LogP) is 4.33. The Bertz CT molecular complexity index is 922. The lowest BCUT2D eigenvalue weighted by atomic mass is 10.2. The molecule has 0 radical (unpaired) electrons. The van der Waals surface area contributed by atoms with Crippen molar-refractivity contribution >= 4 is 17.5 Å². The monoisotopic (exact) mass is 355 g/mol. The third-order valence-electron chi connectivity index (χ3n) is 4.37. The van der Waals surface area contributed by atoms with Crippen LogP contribution in [0.2, 0.25) is 5.02 Å². The van der Waals surface area contributed by atoms with E-state index in [0.29, 0.717) is 22.2 Å². The van der Waals surface area contributed by atoms with Crippen molar-refractivity contribution in [1.29, 1.82) is 0 Å². The van der Waals surface area contributed by atoms with Gasteiger partial charge in [-0.25, -0.2) is 4.68 Å². The first-order valence-corrected chi connectivity index (χ1v) is 8.72. The van der Waals surface area contributed by atoms with Crippen molar-refractivity contribution in [3.63, 3.8) is 0 Å². The summed E-state index contributed by atoms with van der Waals surface area (Å²) in [7, 11) is 0. The summed E-state index contributed by atoms with van der Waals surface area (Å²) in [5.74, 6) is 1.44. The summed E-state index contributed by atoms with van der Waals surface area (Å²) in [6.45, 7) is 3.46. The Kier molecular flexibility index (Phi) is 4.09. The van der Waals surface area contributed by atoms with E-state index in [-0.39, 0.29) is 5.91 Å². The van der Waals surface area contributed by atoms with Crippen LogP contribution in [-0.2, 0) is 0 Å². The molecule has 0 bridgehead atoms. The standard InChI is InChI=1S/C19H18ClN3O2/c1-13-7-8-18(25-13)16-12-17(19(24)22-9-2-3-10-22)23(21-16)15-6-4-5-14(20)11-15/h4-8,11-12H,2-3,9-10H2,1H3. The molecule has 1 aliphatic heterocycles. The van der Waals surface area contributed by atoms with Crippen LogP contribution in [0, 0.1) is 6.92 Å². The zero-order valence-corrected chi connectivity index (χ0v) is 14.7. The van der Waals surface area contributed by atoms with Gasteiger partial charge in [-0.1, -0.05) is 17.7 Å². The minimum Gasteiger partial charge on any atom is -0.460 e. The number of carbonyl (C=O) groups is 1. The molecule has 0 unspecified atom stereocenters. The van der Waals surface area contributed by atoms with Crippen molar-refractivity contribution < 1.29 is 9.21 Å². The summed E-state index contributed by atoms with van der Waals surface area (Å²) in [4.78, 5) is 14.8. The Hall–Kier alpha value is -2.53. The minimum atomic E-state index is -0.0143. The zero-order valence-electron chi connectivity index (χ0n) is 13.9. The SMILES string of the molecule is Cc1ccc(-c2cc(C(=O)N3CCCC3)n(-c3cccc(Cl)c3)n2)o1. The Morgan fingerprint density at radius 2 is 1.96 bits per heavy atom. The molecule has 1 aromatic carbocycles. The number of hydrogen-bond donors (Lipinski definition) is 0. The van der Waals surface area contributed by atoms with Gasteiger partial charge in [-0.2, -0.15) is 5.10 Å². The molecule has 25 heavy (non-hydrogen) atoms. The predicted molar refractivity (Wildman–Crippen MR) is 96.2 cm³/mol. The number of rotatable bonds is 3. The van der Waals surface area contributed by atoms with Gasteiger partial charge in [0.15, 0.2) is 5.76 Å². The summed E-state index contributed by atoms with van der Waals surface area (Å²) in [6.07, 6.45) is 2.09. The van der Waals surface area contributed by atoms with Crippen LogP contribution < -0.4 is 0 Å². The Balaban J connectivity index is 1.82. The van der Waals surface area contributed by atoms with Crippen LogP contribution in [0.15, 0.2) is 46.9 Å². The van der Waals surface area contributed by atoms with Gasteiger partial charge >= 0.3 is 0 Å². The molecule has 0 spiro atoms. The molecule has 3 aromatic rings. The fourth-order valence-electron chi connectivity index (χ4n) is 3.11. The van der Waals surface area contributed by atoms with E-state index in [1.807, 2.05) is 36.1 Å². The highest BCUT2D eigenvalue weighted by Gasteiger charge is 2.25. The lowest BCUT2D eigenvalue weighted by Crippen LogP contribution is -2.29. The highest BCUT2D eigenvalue weighted by molar-refractivity contribution is 6.30. The second kappa shape index (κ2) is 6.41. The molecule has 0 atom stereocenters. The second-order valence-electron chi connectivity index (χ2n) is 6.22. The molecule has 0 N–H and O–H groups in total. The van der Waals surface area contributed by atoms with Gasteiger partial charge in [0, 0.05) is 24.2 Å². The van der Waals surface area contributed by atoms with Gasteiger partial charge in [0.25, 0.3) is 5.91 Å². The van der Waals surface area contributed by atoms with E-state index in [9.17, 15) is 4.79 Å². The molecule has 0 aliphatic carbocycles. The quantitative estimate of drug-likeness (QED) is 0.702. The van der Waals surface area contributed by atoms with Gasteiger partial charge < -0.3 is 9.32 Å². The van der Waals surface area contributed by atoms with Gasteiger partial charge in [0.05, 0.1) is 5.69 Å². The first-order chi connectivity index (χ1) is 12.1. The fourth-order valence-corrected chi connectivity index (χ4v) is 3.30. The van der Waals surface area contributed by atoms with Crippen molar-refractivity contribution in [2.75, 3.05) is 13.1 Å². The summed E-state index contributed by atoms with van der Waals surface area (Å²) in [5.41, 5.74) is 1.91. The van der Waals surface area contributed by atoms with Crippen molar-refractivity contribution in [3.8, 4) is 17.1 Å². The van der Waals surface area contributed by atoms with E-state index in [1.165, 1.54) is 0 Å². The van der Waals surface area contributed by atoms with Crippen molar-refractivity contribution in [1.82, 2.24) is 14.7 Å². The molecule has 128 valence electrons. The number of aromatic nitrogens is 2. The van der Waals surface area contributed by atoms with Crippen LogP contribution in [0.4, 0.5) is 0 Å². The third kappa shape index (κ3) is 3.07. The number of carbonyl (C=O) groups excluding carboxylic acids is 1. The number of likely N-dealkylation sites (tertiary alicyclic amines) is 1. The fraction of sp³-hybridized carbons (Fsp3) is 0.263. The van der Waals surface area contributed by atoms with E-state index in [1.54, 1.807) is 22.9 Å². The summed E-state index contributed by atoms with van der Waals surface area (Å²) >= 11 is 6.13. The number of nitrogens with zero attached hydrogens (tertiary/aromatic N) is 3. The number of amides is 1. The highest BCUT2D eigenvalue weighted by atomic mass is 35.5. The number of halogens is 1. The molecule has 4 rings (SSSR count). The number of aryl methyl sites for hydroxylation is 1. The van der Waals surface area contributed by atoms with Crippen LogP contribution in [0.3, 0.4) is 0 Å². The molecular formula is C19H18ClN3O2. The third-order valence-corrected chi connectivity index (χ3v) is 4.60. The maximum Gasteiger partial charge on any atom is 0.272 e. The van der Waals surface area contributed by atoms with Gasteiger partial charge in [-0.15, -0.1) is 0 Å². The van der Waals surface area contributed by atoms with Gasteiger partial charge in [-0.3, -0.25) is 4.79 Å². The molecule has 2 aromatic heterocycles. The number of hydrogen-bond acceptors (Lipinski definition) is 3. The van der Waals surface area contributed by atoms with E-state index >= 15 is 0 Å². The number of benzene rings is 1. The first kappa shape index (κ1) is 16.0. The lowest BCUT2D eigenvalue weighted by molar-refractivity contribution is 0.0784. The number of furan rings is 1. The van der Waals surface area contributed by atoms with E-state index < -0.39 is 0 Å². The van der Waals surface area contributed by atoms with Crippen molar-refractivity contribution in [2.24, 2.45) is 0 Å². The molecule has 1 fully saturated rings. The van der Waals surface area contributed by atoms with Crippen LogP contribution in [0.25, 0.3) is 17.1 Å². The Morgan fingerprint density at radius 1 is 1.16 bits per heavy atom. The van der Waals surface area contributed by atoms with Crippen LogP contribution in [0.5, 0.6) is 0 Å². The van der Waals surface area contributed by atoms with Gasteiger partial charge in [-0.05, 0) is 50.1 Å². The maximum absolute atomic E-state index is 13.0. The smallest absolute Gasteiger partial charge is 0.272 e. The van der Waals surface area contributed by atoms with Crippen molar-refractivity contribution in [3.05, 3.63) is 58.9 Å². The molecule has 1 aliphatic rings.